The maximum atomic E-state index is 6.08. The van der Waals surface area contributed by atoms with Crippen molar-refractivity contribution in [2.75, 3.05) is 14.1 Å². The zero-order valence-electron chi connectivity index (χ0n) is 13.8. The number of ether oxygens (including phenoxy) is 1. The van der Waals surface area contributed by atoms with Crippen LogP contribution in [0.4, 0.5) is 0 Å². The average molecular weight is 318 g/mol. The molecule has 2 aromatic carbocycles. The highest BCUT2D eigenvalue weighted by Crippen LogP contribution is 2.25. The summed E-state index contributed by atoms with van der Waals surface area (Å²) < 4.78 is 6.08. The zero-order valence-corrected chi connectivity index (χ0v) is 14.6. The largest absolute Gasteiger partial charge is 0.488 e. The second-order valence-electron chi connectivity index (χ2n) is 5.98. The van der Waals surface area contributed by atoms with Crippen molar-refractivity contribution < 1.29 is 4.74 Å². The fourth-order valence-electron chi connectivity index (χ4n) is 2.58. The molecule has 0 aliphatic rings. The van der Waals surface area contributed by atoms with E-state index in [9.17, 15) is 0 Å². The lowest BCUT2D eigenvalue weighted by molar-refractivity contribution is 0.300. The molecule has 118 valence electrons. The maximum absolute atomic E-state index is 6.08. The quantitative estimate of drug-likeness (QED) is 0.717. The van der Waals surface area contributed by atoms with Gasteiger partial charge in [-0.05, 0) is 55.8 Å². The molecule has 0 unspecified atom stereocenters. The van der Waals surface area contributed by atoms with Gasteiger partial charge in [0.15, 0.2) is 0 Å². The maximum Gasteiger partial charge on any atom is 0.125 e. The average Bonchev–Trinajstić information content (AvgIpc) is 2.46. The molecule has 0 spiro atoms. The fraction of sp³-hybridized carbons (Fsp3) is 0.368. The molecule has 0 amide bonds. The van der Waals surface area contributed by atoms with E-state index in [0.29, 0.717) is 12.5 Å². The van der Waals surface area contributed by atoms with E-state index in [1.807, 2.05) is 0 Å². The second-order valence-corrected chi connectivity index (χ2v) is 6.25. The van der Waals surface area contributed by atoms with Crippen molar-refractivity contribution >= 4 is 11.6 Å². The van der Waals surface area contributed by atoms with E-state index >= 15 is 0 Å². The molecule has 0 aliphatic carbocycles. The summed E-state index contributed by atoms with van der Waals surface area (Å²) in [5.41, 5.74) is 5.90. The van der Waals surface area contributed by atoms with E-state index in [1.54, 1.807) is 0 Å². The van der Waals surface area contributed by atoms with Crippen LogP contribution in [0.2, 0.25) is 0 Å². The third-order valence-corrected chi connectivity index (χ3v) is 3.98. The van der Waals surface area contributed by atoms with Gasteiger partial charge < -0.3 is 9.64 Å². The summed E-state index contributed by atoms with van der Waals surface area (Å²) in [6.07, 6.45) is 0. The van der Waals surface area contributed by atoms with Crippen LogP contribution >= 0.6 is 11.6 Å². The number of hydrogen-bond acceptors (Lipinski definition) is 2. The van der Waals surface area contributed by atoms with Gasteiger partial charge in [-0.25, -0.2) is 0 Å². The molecule has 0 heterocycles. The van der Waals surface area contributed by atoms with E-state index in [0.717, 1.165) is 34.5 Å². The first-order valence-electron chi connectivity index (χ1n) is 7.51. The Kier molecular flexibility index (Phi) is 5.87. The van der Waals surface area contributed by atoms with Gasteiger partial charge in [-0.15, -0.1) is 11.6 Å². The number of benzene rings is 2. The van der Waals surface area contributed by atoms with Crippen LogP contribution in [0.5, 0.6) is 5.75 Å². The molecular weight excluding hydrogens is 294 g/mol. The minimum absolute atomic E-state index is 0.508. The zero-order chi connectivity index (χ0) is 16.1. The third kappa shape index (κ3) is 4.25. The summed E-state index contributed by atoms with van der Waals surface area (Å²) in [7, 11) is 4.14. The summed E-state index contributed by atoms with van der Waals surface area (Å²) in [5.74, 6) is 1.48. The molecular formula is C19H24ClNO. The van der Waals surface area contributed by atoms with E-state index in [2.05, 4.69) is 69.2 Å². The highest BCUT2D eigenvalue weighted by atomic mass is 35.5. The molecule has 0 aliphatic heterocycles. The number of halogens is 1. The Balaban J connectivity index is 2.20. The summed E-state index contributed by atoms with van der Waals surface area (Å²) in [4.78, 5) is 2.16. The van der Waals surface area contributed by atoms with Crippen molar-refractivity contribution in [1.29, 1.82) is 0 Å². The molecule has 0 aromatic heterocycles. The SMILES string of the molecule is Cc1cccc(C)c1OCc1cc(CN(C)C)ccc1CCl. The van der Waals surface area contributed by atoms with Crippen molar-refractivity contribution in [3.63, 3.8) is 0 Å². The Labute approximate surface area is 138 Å². The van der Waals surface area contributed by atoms with Crippen LogP contribution in [-0.4, -0.2) is 19.0 Å². The molecule has 2 nitrogen and oxygen atoms in total. The number of aryl methyl sites for hydroxylation is 2. The highest BCUT2D eigenvalue weighted by molar-refractivity contribution is 6.17. The predicted molar refractivity (Wildman–Crippen MR) is 93.6 cm³/mol. The molecule has 0 fully saturated rings. The monoisotopic (exact) mass is 317 g/mol. The fourth-order valence-corrected chi connectivity index (χ4v) is 2.84. The normalized spacial score (nSPS) is 11.0. The number of nitrogens with zero attached hydrogens (tertiary/aromatic N) is 1. The molecule has 0 saturated carbocycles. The van der Waals surface area contributed by atoms with Gasteiger partial charge in [0.1, 0.15) is 12.4 Å². The third-order valence-electron chi connectivity index (χ3n) is 3.69. The van der Waals surface area contributed by atoms with Crippen molar-refractivity contribution in [1.82, 2.24) is 4.90 Å². The Morgan fingerprint density at radius 1 is 1.00 bits per heavy atom. The second kappa shape index (κ2) is 7.66. The molecule has 0 saturated heterocycles. The molecule has 2 aromatic rings. The summed E-state index contributed by atoms with van der Waals surface area (Å²) >= 11 is 6.07. The number of alkyl halides is 1. The van der Waals surface area contributed by atoms with E-state index in [4.69, 9.17) is 16.3 Å². The minimum Gasteiger partial charge on any atom is -0.488 e. The number of para-hydroxylation sites is 1. The van der Waals surface area contributed by atoms with Crippen molar-refractivity contribution in [2.24, 2.45) is 0 Å². The molecule has 0 radical (unpaired) electrons. The lowest BCUT2D eigenvalue weighted by Gasteiger charge is -2.16. The van der Waals surface area contributed by atoms with Crippen LogP contribution in [0.1, 0.15) is 27.8 Å². The van der Waals surface area contributed by atoms with E-state index < -0.39 is 0 Å². The lowest BCUT2D eigenvalue weighted by Crippen LogP contribution is -2.11. The van der Waals surface area contributed by atoms with Crippen LogP contribution in [0.25, 0.3) is 0 Å². The molecule has 2 rings (SSSR count). The molecule has 3 heteroatoms. The Morgan fingerprint density at radius 2 is 1.68 bits per heavy atom. The Hall–Kier alpha value is -1.51. The van der Waals surface area contributed by atoms with E-state index in [-0.39, 0.29) is 0 Å². The lowest BCUT2D eigenvalue weighted by atomic mass is 10.0. The van der Waals surface area contributed by atoms with Gasteiger partial charge in [-0.3, -0.25) is 0 Å². The van der Waals surface area contributed by atoms with Crippen LogP contribution in [0.3, 0.4) is 0 Å². The first kappa shape index (κ1) is 16.9. The molecule has 0 bridgehead atoms. The Morgan fingerprint density at radius 3 is 2.27 bits per heavy atom. The van der Waals surface area contributed by atoms with Gasteiger partial charge in [-0.1, -0.05) is 36.4 Å². The molecule has 22 heavy (non-hydrogen) atoms. The van der Waals surface area contributed by atoms with Crippen LogP contribution in [0.15, 0.2) is 36.4 Å². The predicted octanol–water partition coefficient (Wildman–Crippen LogP) is 4.68. The number of hydrogen-bond donors (Lipinski definition) is 0. The summed E-state index contributed by atoms with van der Waals surface area (Å²) in [6, 6.07) is 12.7. The topological polar surface area (TPSA) is 12.5 Å². The summed E-state index contributed by atoms with van der Waals surface area (Å²) in [5, 5.41) is 0. The standard InChI is InChI=1S/C19H24ClNO/c1-14-6-5-7-15(2)19(14)22-13-18-10-16(12-21(3)4)8-9-17(18)11-20/h5-10H,11-13H2,1-4H3. The van der Waals surface area contributed by atoms with Gasteiger partial charge in [-0.2, -0.15) is 0 Å². The van der Waals surface area contributed by atoms with Gasteiger partial charge in [0.25, 0.3) is 0 Å². The van der Waals surface area contributed by atoms with Crippen molar-refractivity contribution in [3.8, 4) is 5.75 Å². The summed E-state index contributed by atoms with van der Waals surface area (Å²) in [6.45, 7) is 5.62. The van der Waals surface area contributed by atoms with Crippen LogP contribution in [-0.2, 0) is 19.0 Å². The highest BCUT2D eigenvalue weighted by Gasteiger charge is 2.08. The Bertz CT molecular complexity index is 617. The van der Waals surface area contributed by atoms with Crippen LogP contribution < -0.4 is 4.74 Å². The van der Waals surface area contributed by atoms with Gasteiger partial charge in [0, 0.05) is 12.4 Å². The van der Waals surface area contributed by atoms with E-state index in [1.165, 1.54) is 5.56 Å². The first-order chi connectivity index (χ1) is 10.5. The minimum atomic E-state index is 0.508. The molecule has 0 atom stereocenters. The smallest absolute Gasteiger partial charge is 0.125 e. The van der Waals surface area contributed by atoms with Crippen molar-refractivity contribution in [2.45, 2.75) is 32.9 Å². The first-order valence-corrected chi connectivity index (χ1v) is 8.05. The number of rotatable bonds is 6. The van der Waals surface area contributed by atoms with Gasteiger partial charge in [0.2, 0.25) is 0 Å². The van der Waals surface area contributed by atoms with Gasteiger partial charge >= 0.3 is 0 Å². The van der Waals surface area contributed by atoms with Gasteiger partial charge in [0.05, 0.1) is 0 Å². The molecule has 0 N–H and O–H groups in total. The van der Waals surface area contributed by atoms with Crippen molar-refractivity contribution in [3.05, 3.63) is 64.2 Å². The van der Waals surface area contributed by atoms with Crippen LogP contribution in [0, 0.1) is 13.8 Å².